The molecule has 6 rings (SSSR count). The van der Waals surface area contributed by atoms with Gasteiger partial charge in [0.1, 0.15) is 12.4 Å². The third kappa shape index (κ3) is 3.28. The largest absolute Gasteiger partial charge is 0.506 e. The number of hydrogen-bond acceptors (Lipinski definition) is 7. The Morgan fingerprint density at radius 2 is 1.97 bits per heavy atom. The van der Waals surface area contributed by atoms with Crippen molar-refractivity contribution in [1.82, 2.24) is 0 Å². The highest BCUT2D eigenvalue weighted by Gasteiger charge is 2.84. The van der Waals surface area contributed by atoms with Crippen LogP contribution in [-0.4, -0.2) is 60.1 Å². The molecule has 2 aliphatic heterocycles. The summed E-state index contributed by atoms with van der Waals surface area (Å²) in [5.41, 5.74) is -1.76. The molecule has 1 N–H and O–H groups in total. The maximum atomic E-state index is 13.2. The van der Waals surface area contributed by atoms with Crippen LogP contribution in [-0.2, 0) is 28.5 Å². The van der Waals surface area contributed by atoms with Crippen molar-refractivity contribution in [2.24, 2.45) is 40.4 Å². The number of allylic oxidation sites excluding steroid dienone is 1. The second-order valence-corrected chi connectivity index (χ2v) is 13.4. The van der Waals surface area contributed by atoms with Crippen molar-refractivity contribution in [3.05, 3.63) is 11.6 Å². The normalized spacial score (nSPS) is 51.1. The van der Waals surface area contributed by atoms with Gasteiger partial charge in [-0.05, 0) is 75.2 Å². The lowest BCUT2D eigenvalue weighted by Crippen LogP contribution is -2.67. The molecular formula is C29H42O8. The quantitative estimate of drug-likeness (QED) is 0.300. The number of carbonyl (C=O) groups is 2. The number of ether oxygens (including phenoxy) is 5. The Morgan fingerprint density at radius 1 is 1.22 bits per heavy atom. The molecule has 6 aliphatic rings. The number of hydrogen-bond donors (Lipinski definition) is 1. The van der Waals surface area contributed by atoms with E-state index in [1.807, 2.05) is 20.8 Å². The molecule has 0 spiro atoms. The van der Waals surface area contributed by atoms with Crippen LogP contribution in [0.5, 0.6) is 0 Å². The van der Waals surface area contributed by atoms with E-state index in [2.05, 4.69) is 26.8 Å². The van der Waals surface area contributed by atoms with Crippen molar-refractivity contribution in [3.8, 4) is 0 Å². The standard InChI is InChI=1S/C29H42O8/c1-15(2)21-9-18-11-27(13-30)20-8-7-16(3)19(20)12-28(18,29(21,27)37-25(31)32)14-33-23-10-22-24(17(4)34-23)36-26(5,6)35-22/h9,13,15-20,22-24H,7-8,10-12,14H2,1-6H3,(H,31,32)/t16-,17+,18+,19-,20-,22-,23+,24+,27+,28+,29+/m0/s1. The maximum Gasteiger partial charge on any atom is 0.506 e. The van der Waals surface area contributed by atoms with Crippen LogP contribution in [0, 0.1) is 40.4 Å². The summed E-state index contributed by atoms with van der Waals surface area (Å²) >= 11 is 0. The number of carbonyl (C=O) groups excluding carboxylic acids is 1. The molecule has 2 heterocycles. The van der Waals surface area contributed by atoms with E-state index in [0.29, 0.717) is 24.7 Å². The van der Waals surface area contributed by atoms with Crippen LogP contribution in [0.3, 0.4) is 0 Å². The molecule has 0 aromatic heterocycles. The highest BCUT2D eigenvalue weighted by Crippen LogP contribution is 2.79. The van der Waals surface area contributed by atoms with Crippen molar-refractivity contribution in [3.63, 3.8) is 0 Å². The van der Waals surface area contributed by atoms with E-state index in [1.54, 1.807) is 0 Å². The molecule has 11 atom stereocenters. The average Bonchev–Trinajstić information content (AvgIpc) is 3.45. The van der Waals surface area contributed by atoms with Crippen LogP contribution in [0.4, 0.5) is 4.79 Å². The lowest BCUT2D eigenvalue weighted by molar-refractivity contribution is -0.256. The van der Waals surface area contributed by atoms with Gasteiger partial charge in [-0.15, -0.1) is 0 Å². The van der Waals surface area contributed by atoms with Gasteiger partial charge in [-0.2, -0.15) is 0 Å². The number of rotatable bonds is 6. The minimum absolute atomic E-state index is 0.0195. The van der Waals surface area contributed by atoms with E-state index in [4.69, 9.17) is 23.7 Å². The van der Waals surface area contributed by atoms with Gasteiger partial charge >= 0.3 is 6.16 Å². The Morgan fingerprint density at radius 3 is 2.65 bits per heavy atom. The second kappa shape index (κ2) is 8.26. The summed E-state index contributed by atoms with van der Waals surface area (Å²) in [6.07, 6.45) is 4.93. The van der Waals surface area contributed by atoms with Crippen LogP contribution < -0.4 is 0 Å². The zero-order valence-corrected chi connectivity index (χ0v) is 22.9. The first kappa shape index (κ1) is 25.8. The topological polar surface area (TPSA) is 101 Å². The van der Waals surface area contributed by atoms with Crippen molar-refractivity contribution in [2.45, 2.75) is 110 Å². The minimum Gasteiger partial charge on any atom is -0.450 e. The molecule has 0 amide bonds. The Balaban J connectivity index is 1.37. The van der Waals surface area contributed by atoms with Gasteiger partial charge in [-0.25, -0.2) is 4.79 Å². The van der Waals surface area contributed by atoms with Crippen molar-refractivity contribution >= 4 is 12.4 Å². The molecule has 3 saturated carbocycles. The highest BCUT2D eigenvalue weighted by molar-refractivity contribution is 5.73. The third-order valence-corrected chi connectivity index (χ3v) is 10.9. The van der Waals surface area contributed by atoms with Crippen LogP contribution in [0.1, 0.15) is 73.6 Å². The van der Waals surface area contributed by atoms with Gasteiger partial charge in [0.25, 0.3) is 0 Å². The van der Waals surface area contributed by atoms with Gasteiger partial charge < -0.3 is 33.6 Å². The first-order chi connectivity index (χ1) is 17.4. The van der Waals surface area contributed by atoms with E-state index >= 15 is 0 Å². The molecule has 0 unspecified atom stereocenters. The monoisotopic (exact) mass is 518 g/mol. The Kier molecular flexibility index (Phi) is 5.76. The second-order valence-electron chi connectivity index (χ2n) is 13.4. The Labute approximate surface area is 219 Å². The fourth-order valence-corrected chi connectivity index (χ4v) is 9.74. The SMILES string of the molecule is CC(C)C1=C[C@@H]2C[C@@]3(C=O)[C@H]4CC[C@H](C)[C@@H]4C[C@]2(CO[C@H]2C[C@@H]4OC(C)(C)O[C@@H]4[C@@H](C)O2)[C@@]13OC(=O)O. The van der Waals surface area contributed by atoms with Crippen LogP contribution in [0.2, 0.25) is 0 Å². The zero-order chi connectivity index (χ0) is 26.5. The van der Waals surface area contributed by atoms with E-state index in [-0.39, 0.29) is 42.7 Å². The van der Waals surface area contributed by atoms with E-state index in [0.717, 1.165) is 31.1 Å². The first-order valence-electron chi connectivity index (χ1n) is 14.1. The van der Waals surface area contributed by atoms with Crippen molar-refractivity contribution in [1.29, 1.82) is 0 Å². The van der Waals surface area contributed by atoms with Gasteiger partial charge in [0.05, 0.1) is 24.2 Å². The molecule has 5 fully saturated rings. The molecule has 0 aromatic rings. The summed E-state index contributed by atoms with van der Waals surface area (Å²) in [7, 11) is 0. The number of fused-ring (bicyclic) bond motifs is 3. The van der Waals surface area contributed by atoms with Gasteiger partial charge in [0.15, 0.2) is 17.7 Å². The molecule has 8 nitrogen and oxygen atoms in total. The van der Waals surface area contributed by atoms with E-state index < -0.39 is 34.7 Å². The molecule has 4 bridgehead atoms. The molecule has 8 heteroatoms. The molecular weight excluding hydrogens is 476 g/mol. The van der Waals surface area contributed by atoms with E-state index in [1.165, 1.54) is 0 Å². The van der Waals surface area contributed by atoms with Crippen molar-refractivity contribution in [2.75, 3.05) is 6.61 Å². The summed E-state index contributed by atoms with van der Waals surface area (Å²) in [4.78, 5) is 25.6. The molecule has 0 radical (unpaired) electrons. The predicted octanol–water partition coefficient (Wildman–Crippen LogP) is 4.95. The maximum absolute atomic E-state index is 13.2. The summed E-state index contributed by atoms with van der Waals surface area (Å²) < 4.78 is 31.1. The highest BCUT2D eigenvalue weighted by atomic mass is 16.8. The third-order valence-electron chi connectivity index (χ3n) is 10.9. The number of aldehydes is 1. The average molecular weight is 519 g/mol. The Hall–Kier alpha value is -1.48. The molecule has 2 saturated heterocycles. The van der Waals surface area contributed by atoms with Crippen LogP contribution >= 0.6 is 0 Å². The summed E-state index contributed by atoms with van der Waals surface area (Å²) in [6.45, 7) is 12.5. The minimum atomic E-state index is -1.32. The molecule has 4 aliphatic carbocycles. The fraction of sp³-hybridized carbons (Fsp3) is 0.862. The van der Waals surface area contributed by atoms with Crippen molar-refractivity contribution < 1.29 is 38.4 Å². The Bertz CT molecular complexity index is 1010. The van der Waals surface area contributed by atoms with Gasteiger partial charge in [-0.3, -0.25) is 0 Å². The van der Waals surface area contributed by atoms with Gasteiger partial charge in [0, 0.05) is 11.8 Å². The lowest BCUT2D eigenvalue weighted by atomic mass is 9.48. The van der Waals surface area contributed by atoms with Crippen LogP contribution in [0.25, 0.3) is 0 Å². The smallest absolute Gasteiger partial charge is 0.450 e. The van der Waals surface area contributed by atoms with Gasteiger partial charge in [-0.1, -0.05) is 33.3 Å². The summed E-state index contributed by atoms with van der Waals surface area (Å²) in [5.74, 6) is 0.345. The van der Waals surface area contributed by atoms with Crippen LogP contribution in [0.15, 0.2) is 11.6 Å². The lowest BCUT2D eigenvalue weighted by Gasteiger charge is -2.59. The van der Waals surface area contributed by atoms with Gasteiger partial charge in [0.2, 0.25) is 0 Å². The molecule has 37 heavy (non-hydrogen) atoms. The summed E-state index contributed by atoms with van der Waals surface area (Å²) in [6, 6.07) is 0. The van der Waals surface area contributed by atoms with E-state index in [9.17, 15) is 14.7 Å². The fourth-order valence-electron chi connectivity index (χ4n) is 9.74. The number of carboxylic acid groups (broad SMARTS) is 1. The molecule has 0 aromatic carbocycles. The zero-order valence-electron chi connectivity index (χ0n) is 22.9. The predicted molar refractivity (Wildman–Crippen MR) is 133 cm³/mol. The first-order valence-corrected chi connectivity index (χ1v) is 14.1. The summed E-state index contributed by atoms with van der Waals surface area (Å²) in [5, 5.41) is 10.1. The molecule has 206 valence electrons.